The highest BCUT2D eigenvalue weighted by atomic mass is 32.1. The van der Waals surface area contributed by atoms with E-state index in [1.165, 1.54) is 13.2 Å². The second kappa shape index (κ2) is 6.12. The van der Waals surface area contributed by atoms with E-state index in [2.05, 4.69) is 10.3 Å². The molecule has 0 amide bonds. The fourth-order valence-electron chi connectivity index (χ4n) is 1.95. The lowest BCUT2D eigenvalue weighted by atomic mass is 10.0. The van der Waals surface area contributed by atoms with Gasteiger partial charge < -0.3 is 10.1 Å². The van der Waals surface area contributed by atoms with Crippen molar-refractivity contribution in [2.45, 2.75) is 19.4 Å². The van der Waals surface area contributed by atoms with Gasteiger partial charge in [0.2, 0.25) is 0 Å². The zero-order valence-corrected chi connectivity index (χ0v) is 12.1. The van der Waals surface area contributed by atoms with Gasteiger partial charge in [-0.2, -0.15) is 0 Å². The molecule has 1 atom stereocenters. The Labute approximate surface area is 116 Å². The number of hydrogen-bond donors (Lipinski definition) is 1. The van der Waals surface area contributed by atoms with Crippen molar-refractivity contribution < 1.29 is 9.13 Å². The molecule has 0 bridgehead atoms. The Balaban J connectivity index is 2.21. The number of ether oxygens (including phenoxy) is 1. The second-order valence-electron chi connectivity index (χ2n) is 4.32. The number of methoxy groups -OCH3 is 1. The number of hydrogen-bond acceptors (Lipinski definition) is 4. The number of likely N-dealkylation sites (N-methyl/N-ethyl adjacent to an activating group) is 1. The van der Waals surface area contributed by atoms with Gasteiger partial charge in [0.25, 0.3) is 0 Å². The SMILES string of the molecule is CNC(Cc1nc(C)cs1)c1ccc(F)c(OC)c1. The molecule has 1 unspecified atom stereocenters. The molecule has 0 radical (unpaired) electrons. The van der Waals surface area contributed by atoms with Crippen LogP contribution in [0.4, 0.5) is 4.39 Å². The average Bonchev–Trinajstić information content (AvgIpc) is 2.82. The molecule has 0 aliphatic carbocycles. The smallest absolute Gasteiger partial charge is 0.165 e. The van der Waals surface area contributed by atoms with Crippen molar-refractivity contribution in [3.63, 3.8) is 0 Å². The average molecular weight is 280 g/mol. The van der Waals surface area contributed by atoms with Crippen LogP contribution in [-0.2, 0) is 6.42 Å². The van der Waals surface area contributed by atoms with Crippen LogP contribution in [0.25, 0.3) is 0 Å². The fourth-order valence-corrected chi connectivity index (χ4v) is 2.77. The van der Waals surface area contributed by atoms with Crippen LogP contribution in [0.2, 0.25) is 0 Å². The summed E-state index contributed by atoms with van der Waals surface area (Å²) in [5, 5.41) is 6.34. The summed E-state index contributed by atoms with van der Waals surface area (Å²) in [6.07, 6.45) is 0.782. The number of thiazole rings is 1. The van der Waals surface area contributed by atoms with Crippen molar-refractivity contribution in [1.29, 1.82) is 0 Å². The molecule has 0 saturated heterocycles. The Bertz CT molecular complexity index is 556. The minimum absolute atomic E-state index is 0.0973. The molecular weight excluding hydrogens is 263 g/mol. The number of nitrogens with one attached hydrogen (secondary N) is 1. The third-order valence-corrected chi connectivity index (χ3v) is 3.96. The Hall–Kier alpha value is -1.46. The standard InChI is InChI=1S/C14H17FN2OS/c1-9-8-19-14(17-9)7-12(16-2)10-4-5-11(15)13(6-10)18-3/h4-6,8,12,16H,7H2,1-3H3. The van der Waals surface area contributed by atoms with Gasteiger partial charge in [-0.05, 0) is 31.7 Å². The maximum absolute atomic E-state index is 13.4. The normalized spacial score (nSPS) is 12.4. The first-order valence-electron chi connectivity index (χ1n) is 6.05. The monoisotopic (exact) mass is 280 g/mol. The molecule has 0 saturated carbocycles. The Morgan fingerprint density at radius 1 is 1.47 bits per heavy atom. The largest absolute Gasteiger partial charge is 0.494 e. The molecule has 2 rings (SSSR count). The van der Waals surface area contributed by atoms with Crippen LogP contribution in [0.1, 0.15) is 22.3 Å². The molecule has 0 aliphatic heterocycles. The summed E-state index contributed by atoms with van der Waals surface area (Å²) in [4.78, 5) is 4.46. The van der Waals surface area contributed by atoms with Crippen molar-refractivity contribution in [2.75, 3.05) is 14.2 Å². The van der Waals surface area contributed by atoms with Crippen LogP contribution in [0.15, 0.2) is 23.6 Å². The van der Waals surface area contributed by atoms with Crippen LogP contribution in [0, 0.1) is 12.7 Å². The van der Waals surface area contributed by atoms with Crippen molar-refractivity contribution in [1.82, 2.24) is 10.3 Å². The zero-order chi connectivity index (χ0) is 13.8. The number of aryl methyl sites for hydroxylation is 1. The van der Waals surface area contributed by atoms with E-state index in [-0.39, 0.29) is 17.6 Å². The zero-order valence-electron chi connectivity index (χ0n) is 11.2. The third kappa shape index (κ3) is 3.30. The summed E-state index contributed by atoms with van der Waals surface area (Å²) >= 11 is 1.64. The van der Waals surface area contributed by atoms with Crippen molar-refractivity contribution >= 4 is 11.3 Å². The van der Waals surface area contributed by atoms with Gasteiger partial charge in [0.05, 0.1) is 12.1 Å². The minimum atomic E-state index is -0.341. The van der Waals surface area contributed by atoms with Gasteiger partial charge in [-0.25, -0.2) is 9.37 Å². The number of halogens is 1. The van der Waals surface area contributed by atoms with Gasteiger partial charge in [-0.3, -0.25) is 0 Å². The number of benzene rings is 1. The van der Waals surface area contributed by atoms with E-state index in [4.69, 9.17) is 4.74 Å². The molecule has 1 aromatic carbocycles. The molecule has 0 spiro atoms. The number of aromatic nitrogens is 1. The van der Waals surface area contributed by atoms with Gasteiger partial charge in [0, 0.05) is 23.5 Å². The van der Waals surface area contributed by atoms with E-state index in [1.807, 2.05) is 19.4 Å². The summed E-state index contributed by atoms with van der Waals surface area (Å²) in [6.45, 7) is 1.98. The molecule has 2 aromatic rings. The van der Waals surface area contributed by atoms with Crippen molar-refractivity contribution in [2.24, 2.45) is 0 Å². The highest BCUT2D eigenvalue weighted by Crippen LogP contribution is 2.25. The molecule has 19 heavy (non-hydrogen) atoms. The van der Waals surface area contributed by atoms with Crippen LogP contribution >= 0.6 is 11.3 Å². The maximum atomic E-state index is 13.4. The lowest BCUT2D eigenvalue weighted by Crippen LogP contribution is -2.19. The second-order valence-corrected chi connectivity index (χ2v) is 5.26. The maximum Gasteiger partial charge on any atom is 0.165 e. The topological polar surface area (TPSA) is 34.2 Å². The van der Waals surface area contributed by atoms with Crippen molar-refractivity contribution in [3.8, 4) is 5.75 Å². The minimum Gasteiger partial charge on any atom is -0.494 e. The van der Waals surface area contributed by atoms with Crippen molar-refractivity contribution in [3.05, 3.63) is 45.7 Å². The first-order valence-corrected chi connectivity index (χ1v) is 6.93. The Morgan fingerprint density at radius 3 is 2.84 bits per heavy atom. The summed E-state index contributed by atoms with van der Waals surface area (Å²) in [5.74, 6) is -0.0701. The highest BCUT2D eigenvalue weighted by molar-refractivity contribution is 7.09. The van der Waals surface area contributed by atoms with Crippen LogP contribution in [0.3, 0.4) is 0 Å². The number of nitrogens with zero attached hydrogens (tertiary/aromatic N) is 1. The predicted octanol–water partition coefficient (Wildman–Crippen LogP) is 3.10. The molecule has 5 heteroatoms. The summed E-state index contributed by atoms with van der Waals surface area (Å²) in [6, 6.07) is 5.04. The molecular formula is C14H17FN2OS. The molecule has 1 heterocycles. The van der Waals surface area contributed by atoms with Crippen LogP contribution in [-0.4, -0.2) is 19.1 Å². The number of rotatable bonds is 5. The van der Waals surface area contributed by atoms with Gasteiger partial charge in [0.1, 0.15) is 0 Å². The van der Waals surface area contributed by atoms with E-state index < -0.39 is 0 Å². The van der Waals surface area contributed by atoms with Gasteiger partial charge >= 0.3 is 0 Å². The predicted molar refractivity (Wildman–Crippen MR) is 75.3 cm³/mol. The van der Waals surface area contributed by atoms with E-state index in [0.717, 1.165) is 22.7 Å². The van der Waals surface area contributed by atoms with Gasteiger partial charge in [-0.1, -0.05) is 6.07 Å². The fraction of sp³-hybridized carbons (Fsp3) is 0.357. The molecule has 102 valence electrons. The molecule has 1 aromatic heterocycles. The summed E-state index contributed by atoms with van der Waals surface area (Å²) in [5.41, 5.74) is 2.03. The first kappa shape index (κ1) is 14.0. The molecule has 0 aliphatic rings. The van der Waals surface area contributed by atoms with Gasteiger partial charge in [0.15, 0.2) is 11.6 Å². The Kier molecular flexibility index (Phi) is 4.50. The van der Waals surface area contributed by atoms with E-state index in [0.29, 0.717) is 0 Å². The van der Waals surface area contributed by atoms with E-state index >= 15 is 0 Å². The first-order chi connectivity index (χ1) is 9.13. The van der Waals surface area contributed by atoms with E-state index in [1.54, 1.807) is 23.5 Å². The lowest BCUT2D eigenvalue weighted by Gasteiger charge is -2.16. The third-order valence-electron chi connectivity index (χ3n) is 2.97. The van der Waals surface area contributed by atoms with Gasteiger partial charge in [-0.15, -0.1) is 11.3 Å². The quantitative estimate of drug-likeness (QED) is 0.914. The summed E-state index contributed by atoms with van der Waals surface area (Å²) in [7, 11) is 3.36. The van der Waals surface area contributed by atoms with Crippen LogP contribution < -0.4 is 10.1 Å². The lowest BCUT2D eigenvalue weighted by molar-refractivity contribution is 0.385. The molecule has 3 nitrogen and oxygen atoms in total. The Morgan fingerprint density at radius 2 is 2.26 bits per heavy atom. The highest BCUT2D eigenvalue weighted by Gasteiger charge is 2.14. The molecule has 1 N–H and O–H groups in total. The molecule has 0 fully saturated rings. The van der Waals surface area contributed by atoms with Crippen LogP contribution in [0.5, 0.6) is 5.75 Å². The van der Waals surface area contributed by atoms with E-state index in [9.17, 15) is 4.39 Å². The summed E-state index contributed by atoms with van der Waals surface area (Å²) < 4.78 is 18.4.